The van der Waals surface area contributed by atoms with Gasteiger partial charge in [-0.25, -0.2) is 0 Å². The number of benzene rings is 1. The van der Waals surface area contributed by atoms with Crippen LogP contribution in [0.25, 0.3) is 10.9 Å². The molecular weight excluding hydrogens is 372 g/mol. The predicted octanol–water partition coefficient (Wildman–Crippen LogP) is 0.756. The van der Waals surface area contributed by atoms with Gasteiger partial charge in [0.2, 0.25) is 0 Å². The van der Waals surface area contributed by atoms with E-state index in [2.05, 4.69) is 28.2 Å². The first-order valence-corrected chi connectivity index (χ1v) is 10.5. The number of fused-ring (bicyclic) bond motifs is 1. The molecule has 0 bridgehead atoms. The summed E-state index contributed by atoms with van der Waals surface area (Å²) < 4.78 is 5.45. The number of aromatic nitrogens is 1. The molecule has 0 spiro atoms. The van der Waals surface area contributed by atoms with Crippen LogP contribution in [-0.4, -0.2) is 60.9 Å². The highest BCUT2D eigenvalue weighted by Crippen LogP contribution is 2.20. The van der Waals surface area contributed by atoms with E-state index in [1.807, 2.05) is 26.0 Å². The van der Waals surface area contributed by atoms with Crippen LogP contribution < -0.4 is 15.8 Å². The second-order valence-corrected chi connectivity index (χ2v) is 7.87. The summed E-state index contributed by atoms with van der Waals surface area (Å²) in [7, 11) is 0. The number of thiocarbonyl (C=S) groups is 1. The molecule has 3 N–H and O–H groups in total. The molecule has 0 unspecified atom stereocenters. The van der Waals surface area contributed by atoms with Gasteiger partial charge in [-0.05, 0) is 50.2 Å². The lowest BCUT2D eigenvalue weighted by Gasteiger charge is -2.29. The van der Waals surface area contributed by atoms with Gasteiger partial charge in [0.15, 0.2) is 5.11 Å². The van der Waals surface area contributed by atoms with Crippen molar-refractivity contribution in [2.75, 3.05) is 45.9 Å². The lowest BCUT2D eigenvalue weighted by atomic mass is 10.0. The molecule has 1 aliphatic heterocycles. The number of hydrogen-bond acceptors (Lipinski definition) is 3. The molecule has 2 aromatic rings. The van der Waals surface area contributed by atoms with Crippen molar-refractivity contribution >= 4 is 28.2 Å². The van der Waals surface area contributed by atoms with Crippen LogP contribution in [0.4, 0.5) is 0 Å². The van der Waals surface area contributed by atoms with E-state index in [4.69, 9.17) is 17.0 Å². The largest absolute Gasteiger partial charge is 0.370 e. The van der Waals surface area contributed by atoms with Crippen LogP contribution >= 0.6 is 12.2 Å². The minimum absolute atomic E-state index is 0.0378. The molecule has 28 heavy (non-hydrogen) atoms. The van der Waals surface area contributed by atoms with Crippen molar-refractivity contribution in [2.45, 2.75) is 27.3 Å². The second-order valence-electron chi connectivity index (χ2n) is 7.48. The van der Waals surface area contributed by atoms with Gasteiger partial charge in [-0.2, -0.15) is 0 Å². The van der Waals surface area contributed by atoms with Crippen molar-refractivity contribution in [2.24, 2.45) is 0 Å². The molecule has 1 aliphatic rings. The lowest BCUT2D eigenvalue weighted by molar-refractivity contribution is -0.907. The molecule has 2 heterocycles. The number of rotatable bonds is 6. The van der Waals surface area contributed by atoms with Gasteiger partial charge in [0.25, 0.3) is 5.56 Å². The summed E-state index contributed by atoms with van der Waals surface area (Å²) in [4.78, 5) is 19.5. The SMILES string of the molecule is CCNC(=S)N(CC[NH+]1CCOCC1)Cc1cc2c(C)ccc(C)c2[nH]c1=O. The third-order valence-electron chi connectivity index (χ3n) is 5.43. The average Bonchev–Trinajstić information content (AvgIpc) is 2.69. The van der Waals surface area contributed by atoms with Gasteiger partial charge >= 0.3 is 0 Å². The molecule has 6 nitrogen and oxygen atoms in total. The summed E-state index contributed by atoms with van der Waals surface area (Å²) in [5.74, 6) is 0. The third-order valence-corrected chi connectivity index (χ3v) is 5.83. The van der Waals surface area contributed by atoms with Crippen LogP contribution in [0.2, 0.25) is 0 Å². The number of quaternary nitrogens is 1. The number of nitrogens with one attached hydrogen (secondary N) is 3. The zero-order chi connectivity index (χ0) is 20.1. The minimum atomic E-state index is -0.0378. The topological polar surface area (TPSA) is 61.8 Å². The van der Waals surface area contributed by atoms with Crippen molar-refractivity contribution in [3.63, 3.8) is 0 Å². The van der Waals surface area contributed by atoms with Crippen LogP contribution in [-0.2, 0) is 11.3 Å². The zero-order valence-electron chi connectivity index (χ0n) is 17.1. The summed E-state index contributed by atoms with van der Waals surface area (Å²) in [6, 6.07) is 6.17. The highest BCUT2D eigenvalue weighted by Gasteiger charge is 2.18. The Labute approximate surface area is 171 Å². The number of H-pyrrole nitrogens is 1. The van der Waals surface area contributed by atoms with Gasteiger partial charge in [-0.1, -0.05) is 12.1 Å². The molecule has 1 fully saturated rings. The molecule has 7 heteroatoms. The minimum Gasteiger partial charge on any atom is -0.370 e. The Morgan fingerprint density at radius 1 is 1.29 bits per heavy atom. The van der Waals surface area contributed by atoms with Crippen molar-refractivity contribution in [1.29, 1.82) is 0 Å². The molecular formula is C21H31N4O2S+. The lowest BCUT2D eigenvalue weighted by Crippen LogP contribution is -3.14. The van der Waals surface area contributed by atoms with Crippen molar-refractivity contribution in [3.05, 3.63) is 45.2 Å². The normalized spacial score (nSPS) is 15.0. The van der Waals surface area contributed by atoms with Gasteiger partial charge in [-0.15, -0.1) is 0 Å². The van der Waals surface area contributed by atoms with Gasteiger partial charge in [0.1, 0.15) is 13.1 Å². The Balaban J connectivity index is 1.82. The van der Waals surface area contributed by atoms with Crippen molar-refractivity contribution in [1.82, 2.24) is 15.2 Å². The fourth-order valence-electron chi connectivity index (χ4n) is 3.66. The summed E-state index contributed by atoms with van der Waals surface area (Å²) in [5.41, 5.74) is 3.88. The fraction of sp³-hybridized carbons (Fsp3) is 0.524. The van der Waals surface area contributed by atoms with Crippen LogP contribution in [0.1, 0.15) is 23.6 Å². The van der Waals surface area contributed by atoms with Gasteiger partial charge < -0.3 is 24.8 Å². The Bertz CT molecular complexity index is 890. The van der Waals surface area contributed by atoms with Crippen molar-refractivity contribution in [3.8, 4) is 0 Å². The van der Waals surface area contributed by atoms with E-state index in [1.165, 1.54) is 4.90 Å². The first-order valence-electron chi connectivity index (χ1n) is 10.1. The zero-order valence-corrected chi connectivity index (χ0v) is 17.9. The first kappa shape index (κ1) is 20.8. The summed E-state index contributed by atoms with van der Waals surface area (Å²) >= 11 is 5.59. The second kappa shape index (κ2) is 9.49. The molecule has 0 amide bonds. The van der Waals surface area contributed by atoms with Crippen LogP contribution in [0, 0.1) is 13.8 Å². The van der Waals surface area contributed by atoms with Crippen LogP contribution in [0.15, 0.2) is 23.0 Å². The standard InChI is InChI=1S/C21H30N4O2S/c1-4-22-21(28)25(8-7-24-9-11-27-12-10-24)14-17-13-18-15(2)5-6-16(3)19(18)23-20(17)26/h5-6,13H,4,7-12,14H2,1-3H3,(H,22,28)(H,23,26)/p+1. The maximum absolute atomic E-state index is 12.8. The van der Waals surface area contributed by atoms with E-state index >= 15 is 0 Å². The maximum Gasteiger partial charge on any atom is 0.253 e. The van der Waals surface area contributed by atoms with Crippen LogP contribution in [0.3, 0.4) is 0 Å². The van der Waals surface area contributed by atoms with Gasteiger partial charge in [-0.3, -0.25) is 4.79 Å². The Morgan fingerprint density at radius 3 is 2.71 bits per heavy atom. The van der Waals surface area contributed by atoms with E-state index < -0.39 is 0 Å². The molecule has 3 rings (SSSR count). The molecule has 152 valence electrons. The molecule has 0 radical (unpaired) electrons. The third kappa shape index (κ3) is 4.90. The number of pyridine rings is 1. The summed E-state index contributed by atoms with van der Waals surface area (Å²) in [6.07, 6.45) is 0. The van der Waals surface area contributed by atoms with Gasteiger partial charge in [0.05, 0.1) is 38.4 Å². The summed E-state index contributed by atoms with van der Waals surface area (Å²) in [6.45, 7) is 12.9. The van der Waals surface area contributed by atoms with Gasteiger partial charge in [0, 0.05) is 17.5 Å². The molecule has 1 saturated heterocycles. The monoisotopic (exact) mass is 403 g/mol. The van der Waals surface area contributed by atoms with E-state index in [1.54, 1.807) is 0 Å². The Hall–Kier alpha value is -1.96. The van der Waals surface area contributed by atoms with Crippen molar-refractivity contribution < 1.29 is 9.64 Å². The molecule has 0 atom stereocenters. The summed E-state index contributed by atoms with van der Waals surface area (Å²) in [5, 5.41) is 5.05. The van der Waals surface area contributed by atoms with E-state index in [9.17, 15) is 4.79 Å². The number of aryl methyl sites for hydroxylation is 2. The van der Waals surface area contributed by atoms with Crippen LogP contribution in [0.5, 0.6) is 0 Å². The quantitative estimate of drug-likeness (QED) is 0.622. The van der Waals surface area contributed by atoms with E-state index in [-0.39, 0.29) is 5.56 Å². The highest BCUT2D eigenvalue weighted by atomic mass is 32.1. The number of morpholine rings is 1. The van der Waals surface area contributed by atoms with E-state index in [0.717, 1.165) is 73.5 Å². The molecule has 1 aromatic carbocycles. The Morgan fingerprint density at radius 2 is 2.00 bits per heavy atom. The molecule has 0 aliphatic carbocycles. The maximum atomic E-state index is 12.8. The molecule has 1 aromatic heterocycles. The highest BCUT2D eigenvalue weighted by molar-refractivity contribution is 7.80. The first-order chi connectivity index (χ1) is 13.5. The fourth-order valence-corrected chi connectivity index (χ4v) is 3.96. The molecule has 0 saturated carbocycles. The smallest absolute Gasteiger partial charge is 0.253 e. The average molecular weight is 404 g/mol. The Kier molecular flexibility index (Phi) is 7.04. The number of hydrogen-bond donors (Lipinski definition) is 3. The number of nitrogens with zero attached hydrogens (tertiary/aromatic N) is 1. The number of aromatic amines is 1. The predicted molar refractivity (Wildman–Crippen MR) is 117 cm³/mol. The number of ether oxygens (including phenoxy) is 1. The van der Waals surface area contributed by atoms with E-state index in [0.29, 0.717) is 11.7 Å².